The first kappa shape index (κ1) is 25.3. The lowest BCUT2D eigenvalue weighted by Crippen LogP contribution is -2.36. The van der Waals surface area contributed by atoms with Gasteiger partial charge in [0.05, 0.1) is 35.9 Å². The van der Waals surface area contributed by atoms with Crippen LogP contribution in [0.3, 0.4) is 0 Å². The van der Waals surface area contributed by atoms with Gasteiger partial charge in [-0.05, 0) is 74.6 Å². The molecule has 1 atom stereocenters. The molecule has 37 heavy (non-hydrogen) atoms. The number of ether oxygens (including phenoxy) is 2. The molecule has 0 saturated heterocycles. The number of aromatic nitrogens is 2. The molecule has 0 aliphatic heterocycles. The van der Waals surface area contributed by atoms with Gasteiger partial charge in [-0.25, -0.2) is 4.68 Å². The zero-order valence-electron chi connectivity index (χ0n) is 21.5. The molecule has 2 aromatic heterocycles. The number of hydrogen-bond acceptors (Lipinski definition) is 6. The van der Waals surface area contributed by atoms with E-state index < -0.39 is 6.10 Å². The topological polar surface area (TPSA) is 72.9 Å². The van der Waals surface area contributed by atoms with Crippen LogP contribution in [0.2, 0.25) is 0 Å². The molecule has 1 unspecified atom stereocenters. The predicted molar refractivity (Wildman–Crippen MR) is 142 cm³/mol. The van der Waals surface area contributed by atoms with Gasteiger partial charge in [0.25, 0.3) is 0 Å². The van der Waals surface area contributed by atoms with Crippen molar-refractivity contribution >= 4 is 0 Å². The first-order chi connectivity index (χ1) is 18.0. The maximum absolute atomic E-state index is 10.8. The molecular formula is C30H35N3O4. The van der Waals surface area contributed by atoms with E-state index in [9.17, 15) is 5.11 Å². The molecule has 0 radical (unpaired) electrons. The minimum absolute atomic E-state index is 0.247. The van der Waals surface area contributed by atoms with Crippen molar-refractivity contribution < 1.29 is 19.0 Å². The number of aliphatic hydroxyl groups excluding tert-OH is 1. The van der Waals surface area contributed by atoms with E-state index in [0.717, 1.165) is 40.6 Å². The third kappa shape index (κ3) is 6.89. The van der Waals surface area contributed by atoms with E-state index in [4.69, 9.17) is 19.0 Å². The van der Waals surface area contributed by atoms with Crippen molar-refractivity contribution in [2.45, 2.75) is 45.9 Å². The van der Waals surface area contributed by atoms with E-state index in [-0.39, 0.29) is 6.61 Å². The molecule has 1 aliphatic carbocycles. The summed E-state index contributed by atoms with van der Waals surface area (Å²) < 4.78 is 19.4. The van der Waals surface area contributed by atoms with Crippen molar-refractivity contribution in [3.05, 3.63) is 95.6 Å². The van der Waals surface area contributed by atoms with Crippen LogP contribution in [0.5, 0.6) is 11.6 Å². The molecule has 5 rings (SSSR count). The van der Waals surface area contributed by atoms with E-state index in [1.54, 1.807) is 6.26 Å². The van der Waals surface area contributed by atoms with Crippen molar-refractivity contribution in [2.24, 2.45) is 5.92 Å². The number of para-hydroxylation sites is 1. The first-order valence-corrected chi connectivity index (χ1v) is 12.9. The lowest BCUT2D eigenvalue weighted by atomic mass is 10.2. The number of nitrogens with zero attached hydrogens (tertiary/aromatic N) is 3. The average molecular weight is 502 g/mol. The van der Waals surface area contributed by atoms with E-state index in [2.05, 4.69) is 17.9 Å². The summed E-state index contributed by atoms with van der Waals surface area (Å²) in [7, 11) is 0. The SMILES string of the molecule is Cc1cccc(Oc2c(CN(CC(O)COCc3ccco3)CC3CC3)c(C)nn2-c2ccccc2)c1. The van der Waals surface area contributed by atoms with Crippen molar-refractivity contribution in [3.8, 4) is 17.3 Å². The van der Waals surface area contributed by atoms with Gasteiger partial charge in [-0.15, -0.1) is 0 Å². The molecule has 1 N–H and O–H groups in total. The van der Waals surface area contributed by atoms with E-state index in [1.807, 2.05) is 72.3 Å². The monoisotopic (exact) mass is 501 g/mol. The number of aryl methyl sites for hydroxylation is 2. The number of furan rings is 1. The largest absolute Gasteiger partial charge is 0.467 e. The van der Waals surface area contributed by atoms with E-state index in [1.165, 1.54) is 12.8 Å². The molecule has 1 saturated carbocycles. The molecule has 1 aliphatic rings. The van der Waals surface area contributed by atoms with Crippen LogP contribution in [0.25, 0.3) is 5.69 Å². The summed E-state index contributed by atoms with van der Waals surface area (Å²) in [6.45, 7) is 6.74. The lowest BCUT2D eigenvalue weighted by molar-refractivity contribution is 0.00307. The second kappa shape index (κ2) is 11.8. The van der Waals surface area contributed by atoms with Crippen LogP contribution < -0.4 is 4.74 Å². The number of benzene rings is 2. The van der Waals surface area contributed by atoms with Gasteiger partial charge in [-0.2, -0.15) is 5.10 Å². The Morgan fingerprint density at radius 1 is 1.08 bits per heavy atom. The van der Waals surface area contributed by atoms with Crippen LogP contribution in [-0.2, 0) is 17.9 Å². The van der Waals surface area contributed by atoms with Crippen LogP contribution in [0.4, 0.5) is 0 Å². The Labute approximate surface area is 218 Å². The first-order valence-electron chi connectivity index (χ1n) is 12.9. The van der Waals surface area contributed by atoms with Gasteiger partial charge in [0.15, 0.2) is 0 Å². The molecule has 2 aromatic carbocycles. The summed E-state index contributed by atoms with van der Waals surface area (Å²) in [5, 5.41) is 15.7. The zero-order valence-corrected chi connectivity index (χ0v) is 21.5. The van der Waals surface area contributed by atoms with E-state index in [0.29, 0.717) is 31.5 Å². The molecular weight excluding hydrogens is 466 g/mol. The summed E-state index contributed by atoms with van der Waals surface area (Å²) >= 11 is 0. The quantitative estimate of drug-likeness (QED) is 0.255. The van der Waals surface area contributed by atoms with Gasteiger partial charge in [0, 0.05) is 19.6 Å². The second-order valence-corrected chi connectivity index (χ2v) is 9.92. The van der Waals surface area contributed by atoms with Crippen LogP contribution >= 0.6 is 0 Å². The zero-order chi connectivity index (χ0) is 25.6. The van der Waals surface area contributed by atoms with Crippen LogP contribution in [0.1, 0.15) is 35.4 Å². The van der Waals surface area contributed by atoms with E-state index >= 15 is 0 Å². The molecule has 7 heteroatoms. The molecule has 1 fully saturated rings. The summed E-state index contributed by atoms with van der Waals surface area (Å²) in [6, 6.07) is 21.8. The van der Waals surface area contributed by atoms with Crippen LogP contribution in [0, 0.1) is 19.8 Å². The smallest absolute Gasteiger partial charge is 0.227 e. The average Bonchev–Trinajstić information content (AvgIpc) is 3.45. The van der Waals surface area contributed by atoms with Crippen molar-refractivity contribution in [1.82, 2.24) is 14.7 Å². The number of aliphatic hydroxyl groups is 1. The molecule has 0 amide bonds. The van der Waals surface area contributed by atoms with Gasteiger partial charge in [-0.1, -0.05) is 30.3 Å². The second-order valence-electron chi connectivity index (χ2n) is 9.92. The number of rotatable bonds is 13. The summed E-state index contributed by atoms with van der Waals surface area (Å²) in [5.74, 6) is 2.91. The Bertz CT molecular complexity index is 1270. The van der Waals surface area contributed by atoms with Crippen LogP contribution in [0.15, 0.2) is 77.4 Å². The summed E-state index contributed by atoms with van der Waals surface area (Å²) in [5.41, 5.74) is 4.01. The fourth-order valence-electron chi connectivity index (χ4n) is 4.49. The van der Waals surface area contributed by atoms with Gasteiger partial charge in [-0.3, -0.25) is 4.90 Å². The van der Waals surface area contributed by atoms with Gasteiger partial charge in [0.2, 0.25) is 5.88 Å². The minimum Gasteiger partial charge on any atom is -0.467 e. The highest BCUT2D eigenvalue weighted by Gasteiger charge is 2.28. The Morgan fingerprint density at radius 2 is 1.92 bits per heavy atom. The maximum atomic E-state index is 10.8. The van der Waals surface area contributed by atoms with Crippen molar-refractivity contribution in [2.75, 3.05) is 19.7 Å². The Kier molecular flexibility index (Phi) is 8.04. The van der Waals surface area contributed by atoms with Gasteiger partial charge < -0.3 is 19.0 Å². The Morgan fingerprint density at radius 3 is 2.65 bits per heavy atom. The molecule has 7 nitrogen and oxygen atoms in total. The fourth-order valence-corrected chi connectivity index (χ4v) is 4.49. The third-order valence-electron chi connectivity index (χ3n) is 6.54. The molecule has 2 heterocycles. The summed E-state index contributed by atoms with van der Waals surface area (Å²) in [4.78, 5) is 2.31. The standard InChI is InChI=1S/C30H35N3O4/c1-22-8-6-11-27(16-22)37-30-29(23(2)31-33(30)25-9-4-3-5-10-25)19-32(17-24-13-14-24)18-26(34)20-35-21-28-12-7-15-36-28/h3-12,15-16,24,26,34H,13-14,17-21H2,1-2H3. The highest BCUT2D eigenvalue weighted by atomic mass is 16.5. The predicted octanol–water partition coefficient (Wildman–Crippen LogP) is 5.66. The normalized spacial score (nSPS) is 14.3. The van der Waals surface area contributed by atoms with Crippen molar-refractivity contribution in [3.63, 3.8) is 0 Å². The molecule has 0 spiro atoms. The lowest BCUT2D eigenvalue weighted by Gasteiger charge is -2.25. The van der Waals surface area contributed by atoms with Crippen LogP contribution in [-0.4, -0.2) is 45.6 Å². The molecule has 4 aromatic rings. The third-order valence-corrected chi connectivity index (χ3v) is 6.54. The highest BCUT2D eigenvalue weighted by molar-refractivity contribution is 5.43. The Hall–Kier alpha value is -3.39. The Balaban J connectivity index is 1.36. The van der Waals surface area contributed by atoms with Crippen molar-refractivity contribution in [1.29, 1.82) is 0 Å². The maximum Gasteiger partial charge on any atom is 0.227 e. The fraction of sp³-hybridized carbons (Fsp3) is 0.367. The number of hydrogen-bond donors (Lipinski definition) is 1. The van der Waals surface area contributed by atoms with Gasteiger partial charge in [0.1, 0.15) is 18.1 Å². The highest BCUT2D eigenvalue weighted by Crippen LogP contribution is 2.34. The molecule has 0 bridgehead atoms. The molecule has 194 valence electrons. The minimum atomic E-state index is -0.612. The summed E-state index contributed by atoms with van der Waals surface area (Å²) in [6.07, 6.45) is 3.48. The van der Waals surface area contributed by atoms with Gasteiger partial charge >= 0.3 is 0 Å².